The van der Waals surface area contributed by atoms with E-state index in [0.29, 0.717) is 15.2 Å². The number of para-hydroxylation sites is 2. The molecule has 1 aromatic carbocycles. The molecule has 8 heteroatoms. The number of thioether (sulfide) groups is 1. The maximum absolute atomic E-state index is 12.5. The molecule has 0 spiro atoms. The van der Waals surface area contributed by atoms with Crippen molar-refractivity contribution in [3.05, 3.63) is 62.8 Å². The Morgan fingerprint density at radius 1 is 1.20 bits per heavy atom. The van der Waals surface area contributed by atoms with Gasteiger partial charge < -0.3 is 14.6 Å². The fourth-order valence-corrected chi connectivity index (χ4v) is 4.99. The van der Waals surface area contributed by atoms with E-state index in [1.165, 1.54) is 23.1 Å². The van der Waals surface area contributed by atoms with E-state index in [0.717, 1.165) is 39.0 Å². The van der Waals surface area contributed by atoms with Gasteiger partial charge in [-0.05, 0) is 69.3 Å². The molecule has 0 unspecified atom stereocenters. The number of rotatable bonds is 4. The monoisotopic (exact) mass is 438 g/mol. The zero-order valence-electron chi connectivity index (χ0n) is 17.4. The molecule has 0 bridgehead atoms. The van der Waals surface area contributed by atoms with Gasteiger partial charge in [-0.2, -0.15) is 4.99 Å². The molecule has 1 amide bonds. The van der Waals surface area contributed by atoms with E-state index in [9.17, 15) is 4.79 Å². The molecule has 1 N–H and O–H groups in total. The molecule has 0 radical (unpaired) electrons. The van der Waals surface area contributed by atoms with Gasteiger partial charge in [0, 0.05) is 16.3 Å². The third-order valence-electron chi connectivity index (χ3n) is 4.95. The van der Waals surface area contributed by atoms with Gasteiger partial charge >= 0.3 is 0 Å². The third kappa shape index (κ3) is 3.80. The van der Waals surface area contributed by atoms with Crippen molar-refractivity contribution >= 4 is 45.4 Å². The van der Waals surface area contributed by atoms with Crippen LogP contribution in [-0.2, 0) is 4.79 Å². The Kier molecular flexibility index (Phi) is 5.53. The Bertz CT molecular complexity index is 1180. The van der Waals surface area contributed by atoms with Gasteiger partial charge in [0.25, 0.3) is 5.91 Å². The van der Waals surface area contributed by atoms with E-state index in [1.807, 2.05) is 58.0 Å². The number of nitrogens with zero attached hydrogens (tertiary/aromatic N) is 3. The second kappa shape index (κ2) is 8.12. The van der Waals surface area contributed by atoms with Gasteiger partial charge in [0.15, 0.2) is 5.17 Å². The lowest BCUT2D eigenvalue weighted by Gasteiger charge is -2.13. The van der Waals surface area contributed by atoms with E-state index in [-0.39, 0.29) is 5.91 Å². The minimum absolute atomic E-state index is 0.147. The number of aryl methyl sites for hydroxylation is 3. The van der Waals surface area contributed by atoms with Crippen molar-refractivity contribution in [2.24, 2.45) is 4.99 Å². The van der Waals surface area contributed by atoms with Crippen molar-refractivity contribution in [1.82, 2.24) is 14.9 Å². The first-order valence-corrected chi connectivity index (χ1v) is 11.1. The smallest absolute Gasteiger partial charge is 0.264 e. The lowest BCUT2D eigenvalue weighted by atomic mass is 10.2. The maximum atomic E-state index is 12.5. The van der Waals surface area contributed by atoms with E-state index in [4.69, 9.17) is 4.74 Å². The number of carbonyl (C=O) groups excluding carboxylic acids is 1. The van der Waals surface area contributed by atoms with Crippen molar-refractivity contribution < 1.29 is 9.53 Å². The Hall–Kier alpha value is -2.84. The van der Waals surface area contributed by atoms with Crippen molar-refractivity contribution in [2.45, 2.75) is 27.7 Å². The number of amidine groups is 1. The molecule has 0 aliphatic carbocycles. The molecule has 4 rings (SSSR count). The minimum atomic E-state index is -0.147. The Balaban J connectivity index is 1.66. The molecule has 154 valence electrons. The molecule has 1 saturated heterocycles. The maximum Gasteiger partial charge on any atom is 0.264 e. The molecule has 3 heterocycles. The second-order valence-corrected chi connectivity index (χ2v) is 9.17. The highest BCUT2D eigenvalue weighted by molar-refractivity contribution is 8.18. The molecular weight excluding hydrogens is 416 g/mol. The summed E-state index contributed by atoms with van der Waals surface area (Å²) in [6, 6.07) is 9.98. The van der Waals surface area contributed by atoms with Crippen LogP contribution in [-0.4, -0.2) is 27.7 Å². The number of methoxy groups -OCH3 is 1. The lowest BCUT2D eigenvalue weighted by Crippen LogP contribution is -2.19. The van der Waals surface area contributed by atoms with Gasteiger partial charge in [-0.25, -0.2) is 4.98 Å². The summed E-state index contributed by atoms with van der Waals surface area (Å²) in [5, 5.41) is 4.05. The molecular formula is C22H22N4O2S2. The summed E-state index contributed by atoms with van der Waals surface area (Å²) in [7, 11) is 1.67. The van der Waals surface area contributed by atoms with Gasteiger partial charge in [0.05, 0.1) is 23.4 Å². The molecule has 30 heavy (non-hydrogen) atoms. The number of nitrogens with one attached hydrogen (secondary N) is 1. The Morgan fingerprint density at radius 3 is 2.67 bits per heavy atom. The average molecular weight is 439 g/mol. The fourth-order valence-electron chi connectivity index (χ4n) is 3.33. The van der Waals surface area contributed by atoms with Crippen molar-refractivity contribution in [3.63, 3.8) is 0 Å². The summed E-state index contributed by atoms with van der Waals surface area (Å²) >= 11 is 2.85. The van der Waals surface area contributed by atoms with Gasteiger partial charge in [-0.1, -0.05) is 23.5 Å². The first-order valence-electron chi connectivity index (χ1n) is 9.43. The molecule has 1 fully saturated rings. The number of amides is 1. The van der Waals surface area contributed by atoms with Gasteiger partial charge in [0.2, 0.25) is 5.13 Å². The van der Waals surface area contributed by atoms with Gasteiger partial charge in [-0.15, -0.1) is 0 Å². The van der Waals surface area contributed by atoms with Crippen LogP contribution in [0.5, 0.6) is 5.75 Å². The molecule has 1 aliphatic rings. The predicted octanol–water partition coefficient (Wildman–Crippen LogP) is 5.07. The summed E-state index contributed by atoms with van der Waals surface area (Å²) in [4.78, 5) is 23.1. The van der Waals surface area contributed by atoms with E-state index < -0.39 is 0 Å². The highest BCUT2D eigenvalue weighted by Gasteiger charge is 2.25. The summed E-state index contributed by atoms with van der Waals surface area (Å²) < 4.78 is 7.66. The van der Waals surface area contributed by atoms with Crippen LogP contribution in [0, 0.1) is 27.7 Å². The normalized spacial score (nSPS) is 16.5. The number of hydrogen-bond donors (Lipinski definition) is 1. The first kappa shape index (κ1) is 20.4. The van der Waals surface area contributed by atoms with Crippen LogP contribution < -0.4 is 10.1 Å². The number of benzene rings is 1. The number of aromatic nitrogens is 2. The highest BCUT2D eigenvalue weighted by atomic mass is 32.2. The SMILES string of the molecule is COc1ccccc1-n1c(C)cc(/C=C2\S/C(=N/c3nc(C)c(C)s3)NC2=O)c1C. The lowest BCUT2D eigenvalue weighted by molar-refractivity contribution is -0.115. The molecule has 1 aliphatic heterocycles. The number of thiazole rings is 1. The van der Waals surface area contributed by atoms with Crippen LogP contribution in [0.1, 0.15) is 27.5 Å². The molecule has 2 aromatic heterocycles. The summed E-state index contributed by atoms with van der Waals surface area (Å²) in [6.45, 7) is 8.06. The van der Waals surface area contributed by atoms with E-state index >= 15 is 0 Å². The predicted molar refractivity (Wildman–Crippen MR) is 124 cm³/mol. The Labute approximate surface area is 183 Å². The second-order valence-electron chi connectivity index (χ2n) is 6.95. The van der Waals surface area contributed by atoms with Gasteiger partial charge in [0.1, 0.15) is 5.75 Å². The average Bonchev–Trinajstić information content (AvgIpc) is 3.31. The molecule has 3 aromatic rings. The number of aliphatic imine (C=N–C) groups is 1. The van der Waals surface area contributed by atoms with Crippen molar-refractivity contribution in [2.75, 3.05) is 7.11 Å². The first-order chi connectivity index (χ1) is 14.4. The summed E-state index contributed by atoms with van der Waals surface area (Å²) in [5.74, 6) is 0.654. The number of carbonyl (C=O) groups is 1. The van der Waals surface area contributed by atoms with Crippen LogP contribution in [0.2, 0.25) is 0 Å². The van der Waals surface area contributed by atoms with Crippen LogP contribution in [0.25, 0.3) is 11.8 Å². The highest BCUT2D eigenvalue weighted by Crippen LogP contribution is 2.33. The van der Waals surface area contributed by atoms with Gasteiger partial charge in [-0.3, -0.25) is 4.79 Å². The quantitative estimate of drug-likeness (QED) is 0.578. The summed E-state index contributed by atoms with van der Waals surface area (Å²) in [6.07, 6.45) is 1.91. The topological polar surface area (TPSA) is 68.5 Å². The molecule has 6 nitrogen and oxygen atoms in total. The minimum Gasteiger partial charge on any atom is -0.495 e. The van der Waals surface area contributed by atoms with E-state index in [1.54, 1.807) is 7.11 Å². The van der Waals surface area contributed by atoms with Crippen LogP contribution in [0.3, 0.4) is 0 Å². The largest absolute Gasteiger partial charge is 0.495 e. The molecule has 0 saturated carbocycles. The Morgan fingerprint density at radius 2 is 1.97 bits per heavy atom. The molecule has 0 atom stereocenters. The van der Waals surface area contributed by atoms with E-state index in [2.05, 4.69) is 25.9 Å². The number of hydrogen-bond acceptors (Lipinski definition) is 6. The van der Waals surface area contributed by atoms with Crippen molar-refractivity contribution in [1.29, 1.82) is 0 Å². The standard InChI is InChI=1S/C22H22N4O2S2/c1-12-10-16(14(3)26(12)17-8-6-7-9-18(17)28-5)11-19-20(27)24-22(30-19)25-21-23-13(2)15(4)29-21/h6-11H,1-5H3,(H,23,24,25,27)/b19-11-. The third-order valence-corrected chi connectivity index (χ3v) is 6.82. The van der Waals surface area contributed by atoms with Crippen LogP contribution >= 0.6 is 23.1 Å². The summed E-state index contributed by atoms with van der Waals surface area (Å²) in [5.41, 5.74) is 5.02. The van der Waals surface area contributed by atoms with Crippen LogP contribution in [0.15, 0.2) is 40.2 Å². The fraction of sp³-hybridized carbons (Fsp3) is 0.227. The number of ether oxygens (including phenoxy) is 1. The zero-order chi connectivity index (χ0) is 21.4. The van der Waals surface area contributed by atoms with Crippen LogP contribution in [0.4, 0.5) is 5.13 Å². The van der Waals surface area contributed by atoms with Crippen molar-refractivity contribution in [3.8, 4) is 11.4 Å². The zero-order valence-corrected chi connectivity index (χ0v) is 19.1.